The van der Waals surface area contributed by atoms with Gasteiger partial charge in [0.05, 0.1) is 18.6 Å². The number of carbonyl (C=O) groups is 2. The monoisotopic (exact) mass is 443 g/mol. The van der Waals surface area contributed by atoms with E-state index < -0.39 is 23.3 Å². The maximum absolute atomic E-state index is 13.2. The second-order valence-corrected chi connectivity index (χ2v) is 8.98. The Balaban J connectivity index is 2.08. The van der Waals surface area contributed by atoms with Gasteiger partial charge in [-0.2, -0.15) is 13.2 Å². The molecule has 0 N–H and O–H groups in total. The molecule has 1 heterocycles. The molecule has 1 unspecified atom stereocenters. The molecule has 0 radical (unpaired) electrons. The first-order chi connectivity index (χ1) is 14.4. The minimum absolute atomic E-state index is 0.0292. The van der Waals surface area contributed by atoms with Crippen molar-refractivity contribution in [2.45, 2.75) is 71.1 Å². The molecule has 0 aliphatic carbocycles. The summed E-state index contributed by atoms with van der Waals surface area (Å²) in [4.78, 5) is 26.0. The fourth-order valence-corrected chi connectivity index (χ4v) is 3.81. The summed E-state index contributed by atoms with van der Waals surface area (Å²) in [6.07, 6.45) is -2.80. The number of benzene rings is 1. The Bertz CT molecular complexity index is 750. The molecule has 1 aliphatic heterocycles. The minimum atomic E-state index is -4.44. The number of hydrogen-bond donors (Lipinski definition) is 0. The lowest BCUT2D eigenvalue weighted by atomic mass is 9.82. The van der Waals surface area contributed by atoms with Crippen LogP contribution in [0.1, 0.15) is 70.4 Å². The number of piperidine rings is 1. The topological polar surface area (TPSA) is 55.8 Å². The minimum Gasteiger partial charge on any atom is -0.466 e. The third-order valence-corrected chi connectivity index (χ3v) is 5.29. The van der Waals surface area contributed by atoms with Gasteiger partial charge in [0.1, 0.15) is 5.60 Å². The van der Waals surface area contributed by atoms with Crippen LogP contribution in [-0.4, -0.2) is 42.3 Å². The lowest BCUT2D eigenvalue weighted by Gasteiger charge is -2.34. The van der Waals surface area contributed by atoms with E-state index in [2.05, 4.69) is 0 Å². The molecule has 0 spiro atoms. The standard InChI is InChI=1S/C23H32F3NO4/c1-5-30-20(28)15-18(17-7-6-8-19(14-17)23(24,25)26)13-16-9-11-27(12-10-16)21(29)31-22(2,3)4/h6-8,14,16,18H,5,9-13,15H2,1-4H3. The van der Waals surface area contributed by atoms with Gasteiger partial charge in [-0.05, 0) is 70.4 Å². The lowest BCUT2D eigenvalue weighted by Crippen LogP contribution is -2.42. The van der Waals surface area contributed by atoms with E-state index in [1.54, 1.807) is 17.9 Å². The average Bonchev–Trinajstić information content (AvgIpc) is 2.66. The van der Waals surface area contributed by atoms with Crippen molar-refractivity contribution in [2.75, 3.05) is 19.7 Å². The summed E-state index contributed by atoms with van der Waals surface area (Å²) >= 11 is 0. The third kappa shape index (κ3) is 8.07. The van der Waals surface area contributed by atoms with Crippen LogP contribution in [0.25, 0.3) is 0 Å². The highest BCUT2D eigenvalue weighted by atomic mass is 19.4. The Morgan fingerprint density at radius 2 is 1.81 bits per heavy atom. The van der Waals surface area contributed by atoms with Crippen molar-refractivity contribution in [1.29, 1.82) is 0 Å². The number of alkyl halides is 3. The van der Waals surface area contributed by atoms with Crippen LogP contribution >= 0.6 is 0 Å². The number of carbonyl (C=O) groups excluding carboxylic acids is 2. The van der Waals surface area contributed by atoms with E-state index in [0.29, 0.717) is 37.9 Å². The Hall–Kier alpha value is -2.25. The van der Waals surface area contributed by atoms with E-state index in [-0.39, 0.29) is 31.0 Å². The van der Waals surface area contributed by atoms with Crippen molar-refractivity contribution in [3.63, 3.8) is 0 Å². The molecule has 0 aromatic heterocycles. The van der Waals surface area contributed by atoms with Gasteiger partial charge in [-0.1, -0.05) is 18.2 Å². The van der Waals surface area contributed by atoms with Crippen molar-refractivity contribution in [1.82, 2.24) is 4.90 Å². The Labute approximate surface area is 181 Å². The Morgan fingerprint density at radius 3 is 2.35 bits per heavy atom. The van der Waals surface area contributed by atoms with Crippen molar-refractivity contribution >= 4 is 12.1 Å². The van der Waals surface area contributed by atoms with Gasteiger partial charge in [-0.25, -0.2) is 4.79 Å². The number of esters is 1. The van der Waals surface area contributed by atoms with Gasteiger partial charge in [0, 0.05) is 13.1 Å². The van der Waals surface area contributed by atoms with E-state index >= 15 is 0 Å². The number of hydrogen-bond acceptors (Lipinski definition) is 4. The van der Waals surface area contributed by atoms with Crippen LogP contribution in [0.2, 0.25) is 0 Å². The van der Waals surface area contributed by atoms with Crippen LogP contribution in [-0.2, 0) is 20.4 Å². The van der Waals surface area contributed by atoms with E-state index in [1.165, 1.54) is 6.07 Å². The fraction of sp³-hybridized carbons (Fsp3) is 0.652. The average molecular weight is 444 g/mol. The normalized spacial score (nSPS) is 16.7. The van der Waals surface area contributed by atoms with Crippen LogP contribution in [0.4, 0.5) is 18.0 Å². The molecule has 1 aromatic rings. The molecule has 0 bridgehead atoms. The van der Waals surface area contributed by atoms with Gasteiger partial charge in [-0.3, -0.25) is 4.79 Å². The second kappa shape index (κ2) is 10.4. The van der Waals surface area contributed by atoms with Crippen molar-refractivity contribution in [2.24, 2.45) is 5.92 Å². The quantitative estimate of drug-likeness (QED) is 0.523. The van der Waals surface area contributed by atoms with Crippen LogP contribution in [0.15, 0.2) is 24.3 Å². The molecule has 174 valence electrons. The zero-order valence-electron chi connectivity index (χ0n) is 18.6. The molecule has 5 nitrogen and oxygen atoms in total. The van der Waals surface area contributed by atoms with Crippen LogP contribution < -0.4 is 0 Å². The third-order valence-electron chi connectivity index (χ3n) is 5.29. The zero-order chi connectivity index (χ0) is 23.2. The number of halogens is 3. The molecule has 31 heavy (non-hydrogen) atoms. The molecule has 1 aromatic carbocycles. The lowest BCUT2D eigenvalue weighted by molar-refractivity contribution is -0.143. The van der Waals surface area contributed by atoms with Gasteiger partial charge >= 0.3 is 18.2 Å². The van der Waals surface area contributed by atoms with Crippen molar-refractivity contribution in [3.05, 3.63) is 35.4 Å². The smallest absolute Gasteiger partial charge is 0.416 e. The summed E-state index contributed by atoms with van der Waals surface area (Å²) < 4.78 is 50.0. The Kier molecular flexibility index (Phi) is 8.37. The first kappa shape index (κ1) is 25.0. The van der Waals surface area contributed by atoms with E-state index in [0.717, 1.165) is 12.1 Å². The predicted molar refractivity (Wildman–Crippen MR) is 111 cm³/mol. The van der Waals surface area contributed by atoms with Gasteiger partial charge < -0.3 is 14.4 Å². The van der Waals surface area contributed by atoms with Gasteiger partial charge in [0.25, 0.3) is 0 Å². The first-order valence-electron chi connectivity index (χ1n) is 10.7. The summed E-state index contributed by atoms with van der Waals surface area (Å²) in [5.41, 5.74) is -0.807. The molecule has 0 saturated carbocycles. The van der Waals surface area contributed by atoms with Gasteiger partial charge in [0.2, 0.25) is 0 Å². The summed E-state index contributed by atoms with van der Waals surface area (Å²) in [7, 11) is 0. The van der Waals surface area contributed by atoms with E-state index in [1.807, 2.05) is 20.8 Å². The van der Waals surface area contributed by atoms with Crippen LogP contribution in [0.3, 0.4) is 0 Å². The molecular formula is C23H32F3NO4. The molecular weight excluding hydrogens is 411 g/mol. The summed E-state index contributed by atoms with van der Waals surface area (Å²) in [6, 6.07) is 5.17. The van der Waals surface area contributed by atoms with Crippen molar-refractivity contribution < 1.29 is 32.2 Å². The molecule has 1 fully saturated rings. The largest absolute Gasteiger partial charge is 0.466 e. The van der Waals surface area contributed by atoms with E-state index in [4.69, 9.17) is 9.47 Å². The van der Waals surface area contributed by atoms with Crippen LogP contribution in [0, 0.1) is 5.92 Å². The second-order valence-electron chi connectivity index (χ2n) is 8.98. The molecule has 2 rings (SSSR count). The summed E-state index contributed by atoms with van der Waals surface area (Å²) in [5.74, 6) is -0.608. The number of ether oxygens (including phenoxy) is 2. The predicted octanol–water partition coefficient (Wildman–Crippen LogP) is 5.78. The van der Waals surface area contributed by atoms with Gasteiger partial charge in [0.15, 0.2) is 0 Å². The van der Waals surface area contributed by atoms with Crippen LogP contribution in [0.5, 0.6) is 0 Å². The first-order valence-corrected chi connectivity index (χ1v) is 10.7. The molecule has 1 aliphatic rings. The SMILES string of the molecule is CCOC(=O)CC(CC1CCN(C(=O)OC(C)(C)C)CC1)c1cccc(C(F)(F)F)c1. The van der Waals surface area contributed by atoms with E-state index in [9.17, 15) is 22.8 Å². The fourth-order valence-electron chi connectivity index (χ4n) is 3.81. The maximum atomic E-state index is 13.2. The zero-order valence-corrected chi connectivity index (χ0v) is 18.6. The molecule has 1 amide bonds. The highest BCUT2D eigenvalue weighted by molar-refractivity contribution is 5.70. The Morgan fingerprint density at radius 1 is 1.16 bits per heavy atom. The van der Waals surface area contributed by atoms with Gasteiger partial charge in [-0.15, -0.1) is 0 Å². The summed E-state index contributed by atoms with van der Waals surface area (Å²) in [6.45, 7) is 8.40. The number of amides is 1. The highest BCUT2D eigenvalue weighted by Gasteiger charge is 2.33. The van der Waals surface area contributed by atoms with Crippen molar-refractivity contribution in [3.8, 4) is 0 Å². The molecule has 8 heteroatoms. The number of rotatable bonds is 6. The number of nitrogens with zero attached hydrogens (tertiary/aromatic N) is 1. The highest BCUT2D eigenvalue weighted by Crippen LogP contribution is 2.36. The summed E-state index contributed by atoms with van der Waals surface area (Å²) in [5, 5.41) is 0. The number of likely N-dealkylation sites (tertiary alicyclic amines) is 1. The molecule has 1 saturated heterocycles. The molecule has 1 atom stereocenters. The maximum Gasteiger partial charge on any atom is 0.416 e.